The molecule has 146 valence electrons. The standard InChI is InChI=1S/C22H27N5O/c1-26(22(28)18-11-12-20-21(15-18)24-25-23-20)19-10-6-14-27(16-19)13-5-9-17-7-3-2-4-8-17/h2-4,7-8,11-12,15,19H,5-6,9-10,13-14,16H2,1H3,(H,23,24,25)/t19-/m1/s1. The number of hydrogen-bond acceptors (Lipinski definition) is 4. The highest BCUT2D eigenvalue weighted by atomic mass is 16.2. The van der Waals surface area contributed by atoms with Crippen LogP contribution in [0.15, 0.2) is 48.5 Å². The van der Waals surface area contributed by atoms with Crippen LogP contribution in [0.1, 0.15) is 35.2 Å². The van der Waals surface area contributed by atoms with Gasteiger partial charge in [-0.15, -0.1) is 0 Å². The maximum Gasteiger partial charge on any atom is 0.253 e. The van der Waals surface area contributed by atoms with E-state index in [0.717, 1.165) is 56.4 Å². The molecule has 1 atom stereocenters. The number of H-pyrrole nitrogens is 1. The van der Waals surface area contributed by atoms with Crippen molar-refractivity contribution >= 4 is 16.9 Å². The zero-order chi connectivity index (χ0) is 19.3. The van der Waals surface area contributed by atoms with Crippen LogP contribution in [0.2, 0.25) is 0 Å². The number of benzene rings is 2. The van der Waals surface area contributed by atoms with Crippen molar-refractivity contribution in [3.8, 4) is 0 Å². The first-order valence-electron chi connectivity index (χ1n) is 10.0. The number of carbonyl (C=O) groups excluding carboxylic acids is 1. The third-order valence-corrected chi connectivity index (χ3v) is 5.69. The van der Waals surface area contributed by atoms with Gasteiger partial charge in [-0.25, -0.2) is 0 Å². The summed E-state index contributed by atoms with van der Waals surface area (Å²) in [6, 6.07) is 16.4. The Labute approximate surface area is 165 Å². The molecule has 3 aromatic rings. The molecule has 6 heteroatoms. The number of nitrogens with zero attached hydrogens (tertiary/aromatic N) is 4. The van der Waals surface area contributed by atoms with Crippen LogP contribution in [0.4, 0.5) is 0 Å². The summed E-state index contributed by atoms with van der Waals surface area (Å²) >= 11 is 0. The largest absolute Gasteiger partial charge is 0.337 e. The first kappa shape index (κ1) is 18.6. The lowest BCUT2D eigenvalue weighted by atomic mass is 10.0. The second-order valence-electron chi connectivity index (χ2n) is 7.63. The van der Waals surface area contributed by atoms with E-state index < -0.39 is 0 Å². The number of fused-ring (bicyclic) bond motifs is 1. The highest BCUT2D eigenvalue weighted by Crippen LogP contribution is 2.19. The minimum absolute atomic E-state index is 0.0565. The molecule has 28 heavy (non-hydrogen) atoms. The number of aromatic nitrogens is 3. The fraction of sp³-hybridized carbons (Fsp3) is 0.409. The molecule has 1 fully saturated rings. The summed E-state index contributed by atoms with van der Waals surface area (Å²) in [5, 5.41) is 10.7. The fourth-order valence-electron chi connectivity index (χ4n) is 4.04. The van der Waals surface area contributed by atoms with E-state index in [4.69, 9.17) is 0 Å². The van der Waals surface area contributed by atoms with Gasteiger partial charge in [0.1, 0.15) is 11.0 Å². The predicted octanol–water partition coefficient (Wildman–Crippen LogP) is 3.13. The number of piperidine rings is 1. The summed E-state index contributed by atoms with van der Waals surface area (Å²) in [5.74, 6) is 0.0565. The van der Waals surface area contributed by atoms with Crippen molar-refractivity contribution in [1.29, 1.82) is 0 Å². The van der Waals surface area contributed by atoms with E-state index in [9.17, 15) is 4.79 Å². The van der Waals surface area contributed by atoms with Gasteiger partial charge in [0.2, 0.25) is 0 Å². The number of likely N-dealkylation sites (N-methyl/N-ethyl adjacent to an activating group) is 1. The SMILES string of the molecule is CN(C(=O)c1ccc2n[nH]nc2c1)[C@@H]1CCCN(CCCc2ccccc2)C1. The van der Waals surface area contributed by atoms with Gasteiger partial charge in [0.25, 0.3) is 5.91 Å². The van der Waals surface area contributed by atoms with Gasteiger partial charge in [-0.2, -0.15) is 15.4 Å². The lowest BCUT2D eigenvalue weighted by Crippen LogP contribution is -2.48. The highest BCUT2D eigenvalue weighted by molar-refractivity contribution is 5.97. The number of carbonyl (C=O) groups is 1. The molecule has 1 aliphatic rings. The number of rotatable bonds is 6. The molecule has 1 aliphatic heterocycles. The Morgan fingerprint density at radius 2 is 2.00 bits per heavy atom. The van der Waals surface area contributed by atoms with Gasteiger partial charge in [-0.1, -0.05) is 30.3 Å². The average molecular weight is 377 g/mol. The molecule has 6 nitrogen and oxygen atoms in total. The summed E-state index contributed by atoms with van der Waals surface area (Å²) in [5.41, 5.74) is 3.57. The predicted molar refractivity (Wildman–Crippen MR) is 110 cm³/mol. The molecule has 0 spiro atoms. The number of nitrogens with one attached hydrogen (secondary N) is 1. The zero-order valence-electron chi connectivity index (χ0n) is 16.3. The Hall–Kier alpha value is -2.73. The smallest absolute Gasteiger partial charge is 0.253 e. The number of aromatic amines is 1. The lowest BCUT2D eigenvalue weighted by Gasteiger charge is -2.37. The van der Waals surface area contributed by atoms with Gasteiger partial charge >= 0.3 is 0 Å². The van der Waals surface area contributed by atoms with E-state index >= 15 is 0 Å². The van der Waals surface area contributed by atoms with E-state index in [1.807, 2.05) is 30.1 Å². The molecule has 2 heterocycles. The number of hydrogen-bond donors (Lipinski definition) is 1. The van der Waals surface area contributed by atoms with Gasteiger partial charge < -0.3 is 9.80 Å². The Bertz CT molecular complexity index is 923. The van der Waals surface area contributed by atoms with Gasteiger partial charge in [0, 0.05) is 25.2 Å². The molecule has 1 amide bonds. The van der Waals surface area contributed by atoms with Gasteiger partial charge in [0.15, 0.2) is 0 Å². The topological polar surface area (TPSA) is 65.1 Å². The van der Waals surface area contributed by atoms with Gasteiger partial charge in [-0.05, 0) is 62.5 Å². The maximum atomic E-state index is 13.0. The van der Waals surface area contributed by atoms with Crippen molar-refractivity contribution in [1.82, 2.24) is 25.2 Å². The highest BCUT2D eigenvalue weighted by Gasteiger charge is 2.26. The second kappa shape index (κ2) is 8.52. The molecule has 0 bridgehead atoms. The van der Waals surface area contributed by atoms with Gasteiger partial charge in [0.05, 0.1) is 0 Å². The third kappa shape index (κ3) is 4.22. The number of amides is 1. The molecule has 2 aromatic carbocycles. The van der Waals surface area contributed by atoms with Crippen molar-refractivity contribution in [3.63, 3.8) is 0 Å². The van der Waals surface area contributed by atoms with E-state index in [1.54, 1.807) is 0 Å². The quantitative estimate of drug-likeness (QED) is 0.717. The summed E-state index contributed by atoms with van der Waals surface area (Å²) in [6.07, 6.45) is 4.45. The Kier molecular flexibility index (Phi) is 5.67. The molecular formula is C22H27N5O. The molecule has 0 saturated carbocycles. The molecule has 4 rings (SSSR count). The third-order valence-electron chi connectivity index (χ3n) is 5.69. The van der Waals surface area contributed by atoms with E-state index in [-0.39, 0.29) is 11.9 Å². The van der Waals surface area contributed by atoms with Crippen LogP contribution in [0.5, 0.6) is 0 Å². The first-order chi connectivity index (χ1) is 13.7. The van der Waals surface area contributed by atoms with Crippen LogP contribution in [0, 0.1) is 0 Å². The van der Waals surface area contributed by atoms with E-state index in [2.05, 4.69) is 50.6 Å². The molecule has 0 unspecified atom stereocenters. The van der Waals surface area contributed by atoms with E-state index in [1.165, 1.54) is 5.56 Å². The average Bonchev–Trinajstić information content (AvgIpc) is 3.21. The monoisotopic (exact) mass is 377 g/mol. The van der Waals surface area contributed by atoms with Crippen molar-refractivity contribution < 1.29 is 4.79 Å². The molecule has 1 N–H and O–H groups in total. The minimum atomic E-state index is 0.0565. The minimum Gasteiger partial charge on any atom is -0.337 e. The van der Waals surface area contributed by atoms with Crippen LogP contribution in [0.25, 0.3) is 11.0 Å². The summed E-state index contributed by atoms with van der Waals surface area (Å²) in [4.78, 5) is 17.4. The van der Waals surface area contributed by atoms with Crippen LogP contribution >= 0.6 is 0 Å². The summed E-state index contributed by atoms with van der Waals surface area (Å²) in [6.45, 7) is 3.15. The van der Waals surface area contributed by atoms with Gasteiger partial charge in [-0.3, -0.25) is 4.79 Å². The van der Waals surface area contributed by atoms with Crippen LogP contribution in [-0.2, 0) is 6.42 Å². The maximum absolute atomic E-state index is 13.0. The fourth-order valence-corrected chi connectivity index (χ4v) is 4.04. The zero-order valence-corrected chi connectivity index (χ0v) is 16.3. The molecular weight excluding hydrogens is 350 g/mol. The molecule has 0 radical (unpaired) electrons. The molecule has 1 aromatic heterocycles. The Morgan fingerprint density at radius 3 is 2.86 bits per heavy atom. The van der Waals surface area contributed by atoms with E-state index in [0.29, 0.717) is 5.56 Å². The van der Waals surface area contributed by atoms with Crippen molar-refractivity contribution in [3.05, 3.63) is 59.7 Å². The Balaban J connectivity index is 1.33. The number of aryl methyl sites for hydroxylation is 1. The van der Waals surface area contributed by atoms with Crippen molar-refractivity contribution in [2.45, 2.75) is 31.7 Å². The molecule has 0 aliphatic carbocycles. The van der Waals surface area contributed by atoms with Crippen LogP contribution in [-0.4, -0.2) is 63.8 Å². The summed E-state index contributed by atoms with van der Waals surface area (Å²) < 4.78 is 0. The normalized spacial score (nSPS) is 17.7. The molecule has 1 saturated heterocycles. The lowest BCUT2D eigenvalue weighted by molar-refractivity contribution is 0.0617. The van der Waals surface area contributed by atoms with Crippen molar-refractivity contribution in [2.75, 3.05) is 26.7 Å². The van der Waals surface area contributed by atoms with Crippen molar-refractivity contribution in [2.24, 2.45) is 0 Å². The van der Waals surface area contributed by atoms with Crippen LogP contribution in [0.3, 0.4) is 0 Å². The Morgan fingerprint density at radius 1 is 1.18 bits per heavy atom. The first-order valence-corrected chi connectivity index (χ1v) is 10.0. The van der Waals surface area contributed by atoms with Crippen LogP contribution < -0.4 is 0 Å². The second-order valence-corrected chi connectivity index (χ2v) is 7.63. The summed E-state index contributed by atoms with van der Waals surface area (Å²) in [7, 11) is 1.92. The number of likely N-dealkylation sites (tertiary alicyclic amines) is 1.